The zero-order chi connectivity index (χ0) is 19.3. The third-order valence-corrected chi connectivity index (χ3v) is 5.09. The molecule has 0 saturated heterocycles. The van der Waals surface area contributed by atoms with Crippen LogP contribution in [-0.4, -0.2) is 15.0 Å². The SMILES string of the molecule is N#Cc1cncc(C#N)c1-c1nc2c3ccccc3c3cc(Cl)ccc3c2[nH]1. The lowest BCUT2D eigenvalue weighted by Crippen LogP contribution is -1.93. The average molecular weight is 380 g/mol. The molecule has 0 bridgehead atoms. The van der Waals surface area contributed by atoms with Crippen molar-refractivity contribution in [3.8, 4) is 23.5 Å². The number of H-pyrrole nitrogens is 1. The summed E-state index contributed by atoms with van der Waals surface area (Å²) >= 11 is 6.25. The highest BCUT2D eigenvalue weighted by Gasteiger charge is 2.18. The molecule has 0 aliphatic carbocycles. The lowest BCUT2D eigenvalue weighted by atomic mass is 10.0. The summed E-state index contributed by atoms with van der Waals surface area (Å²) in [6, 6.07) is 17.9. The first-order valence-corrected chi connectivity index (χ1v) is 8.87. The second-order valence-corrected chi connectivity index (χ2v) is 6.81. The van der Waals surface area contributed by atoms with Gasteiger partial charge >= 0.3 is 0 Å². The van der Waals surface area contributed by atoms with Crippen LogP contribution in [0.1, 0.15) is 11.1 Å². The second kappa shape index (κ2) is 6.06. The Balaban J connectivity index is 1.98. The molecule has 6 heteroatoms. The highest BCUT2D eigenvalue weighted by atomic mass is 35.5. The van der Waals surface area contributed by atoms with E-state index in [0.717, 1.165) is 32.6 Å². The Morgan fingerprint density at radius 1 is 0.857 bits per heavy atom. The molecule has 130 valence electrons. The molecule has 0 aliphatic rings. The number of nitrogens with zero attached hydrogens (tertiary/aromatic N) is 4. The summed E-state index contributed by atoms with van der Waals surface area (Å²) in [6.07, 6.45) is 2.89. The molecular formula is C22H10ClN5. The third-order valence-electron chi connectivity index (χ3n) is 4.85. The lowest BCUT2D eigenvalue weighted by Gasteiger charge is -2.06. The van der Waals surface area contributed by atoms with Gasteiger partial charge in [-0.15, -0.1) is 0 Å². The van der Waals surface area contributed by atoms with Gasteiger partial charge in [-0.05, 0) is 22.9 Å². The van der Waals surface area contributed by atoms with Crippen molar-refractivity contribution in [3.05, 3.63) is 71.0 Å². The average Bonchev–Trinajstić information content (AvgIpc) is 3.18. The van der Waals surface area contributed by atoms with Crippen LogP contribution in [-0.2, 0) is 0 Å². The van der Waals surface area contributed by atoms with Crippen LogP contribution in [0.15, 0.2) is 54.9 Å². The van der Waals surface area contributed by atoms with E-state index in [9.17, 15) is 10.5 Å². The highest BCUT2D eigenvalue weighted by molar-refractivity contribution is 6.33. The fourth-order valence-corrected chi connectivity index (χ4v) is 3.82. The first-order valence-electron chi connectivity index (χ1n) is 8.49. The number of aromatic nitrogens is 3. The van der Waals surface area contributed by atoms with Gasteiger partial charge < -0.3 is 4.98 Å². The van der Waals surface area contributed by atoms with Crippen LogP contribution in [0.25, 0.3) is 44.0 Å². The van der Waals surface area contributed by atoms with Gasteiger partial charge in [0.1, 0.15) is 18.0 Å². The van der Waals surface area contributed by atoms with Crippen LogP contribution in [0.3, 0.4) is 0 Å². The maximum absolute atomic E-state index is 9.49. The predicted octanol–water partition coefficient (Wildman–Crippen LogP) is 5.33. The Hall–Kier alpha value is -3.93. The molecular weight excluding hydrogens is 370 g/mol. The van der Waals surface area contributed by atoms with Gasteiger partial charge in [-0.1, -0.05) is 41.9 Å². The van der Waals surface area contributed by atoms with Crippen molar-refractivity contribution in [3.63, 3.8) is 0 Å². The third kappa shape index (κ3) is 2.24. The van der Waals surface area contributed by atoms with Crippen LogP contribution in [0.5, 0.6) is 0 Å². The molecule has 5 aromatic rings. The van der Waals surface area contributed by atoms with Crippen molar-refractivity contribution in [2.24, 2.45) is 0 Å². The monoisotopic (exact) mass is 379 g/mol. The summed E-state index contributed by atoms with van der Waals surface area (Å²) < 4.78 is 0. The lowest BCUT2D eigenvalue weighted by molar-refractivity contribution is 1.24. The van der Waals surface area contributed by atoms with E-state index >= 15 is 0 Å². The van der Waals surface area contributed by atoms with Crippen LogP contribution < -0.4 is 0 Å². The number of benzene rings is 3. The van der Waals surface area contributed by atoms with Gasteiger partial charge in [-0.3, -0.25) is 4.98 Å². The minimum atomic E-state index is 0.301. The summed E-state index contributed by atoms with van der Waals surface area (Å²) in [4.78, 5) is 12.1. The standard InChI is InChI=1S/C22H10ClN5/c23-14-5-6-17-18(7-14)15-3-1-2-4-16(15)20-21(17)28-22(27-20)19-12(8-24)10-26-11-13(19)9-25/h1-7,10-11H,(H,27,28). The number of nitrogens with one attached hydrogen (secondary N) is 1. The number of imidazole rings is 1. The molecule has 0 amide bonds. The van der Waals surface area contributed by atoms with Crippen molar-refractivity contribution in [2.45, 2.75) is 0 Å². The molecule has 0 unspecified atom stereocenters. The van der Waals surface area contributed by atoms with E-state index in [0.29, 0.717) is 27.5 Å². The smallest absolute Gasteiger partial charge is 0.141 e. The fraction of sp³-hybridized carbons (Fsp3) is 0. The molecule has 0 spiro atoms. The van der Waals surface area contributed by atoms with Crippen LogP contribution in [0.2, 0.25) is 5.02 Å². The minimum Gasteiger partial charge on any atom is -0.337 e. The molecule has 28 heavy (non-hydrogen) atoms. The molecule has 5 rings (SSSR count). The van der Waals surface area contributed by atoms with Gasteiger partial charge in [-0.2, -0.15) is 10.5 Å². The number of fused-ring (bicyclic) bond motifs is 6. The zero-order valence-electron chi connectivity index (χ0n) is 14.4. The van der Waals surface area contributed by atoms with Gasteiger partial charge in [-0.25, -0.2) is 4.98 Å². The molecule has 2 heterocycles. The Kier molecular flexibility index (Phi) is 3.52. The molecule has 5 nitrogen and oxygen atoms in total. The minimum absolute atomic E-state index is 0.301. The van der Waals surface area contributed by atoms with Crippen molar-refractivity contribution in [1.29, 1.82) is 10.5 Å². The second-order valence-electron chi connectivity index (χ2n) is 6.38. The predicted molar refractivity (Wildman–Crippen MR) is 109 cm³/mol. The van der Waals surface area contributed by atoms with Crippen LogP contribution >= 0.6 is 11.6 Å². The summed E-state index contributed by atoms with van der Waals surface area (Å²) in [6.45, 7) is 0. The normalized spacial score (nSPS) is 11.0. The summed E-state index contributed by atoms with van der Waals surface area (Å²) in [5.41, 5.74) is 2.68. The molecule has 0 saturated carbocycles. The molecule has 1 N–H and O–H groups in total. The molecule has 0 fully saturated rings. The Bertz CT molecular complexity index is 1470. The van der Waals surface area contributed by atoms with Crippen molar-refractivity contribution >= 4 is 44.2 Å². The van der Waals surface area contributed by atoms with Crippen LogP contribution in [0, 0.1) is 22.7 Å². The van der Waals surface area contributed by atoms with Crippen molar-refractivity contribution in [2.75, 3.05) is 0 Å². The number of rotatable bonds is 1. The van der Waals surface area contributed by atoms with E-state index in [4.69, 9.17) is 16.6 Å². The molecule has 2 aromatic heterocycles. The van der Waals surface area contributed by atoms with Gasteiger partial charge in [0.25, 0.3) is 0 Å². The van der Waals surface area contributed by atoms with E-state index in [1.54, 1.807) is 0 Å². The Morgan fingerprint density at radius 2 is 1.57 bits per heavy atom. The first-order chi connectivity index (χ1) is 13.7. The van der Waals surface area contributed by atoms with Crippen LogP contribution in [0.4, 0.5) is 0 Å². The zero-order valence-corrected chi connectivity index (χ0v) is 15.1. The van der Waals surface area contributed by atoms with Gasteiger partial charge in [0.2, 0.25) is 0 Å². The van der Waals surface area contributed by atoms with Gasteiger partial charge in [0, 0.05) is 28.2 Å². The molecule has 3 aromatic carbocycles. The van der Waals surface area contributed by atoms with E-state index < -0.39 is 0 Å². The van der Waals surface area contributed by atoms with Gasteiger partial charge in [0.05, 0.1) is 27.7 Å². The molecule has 0 radical (unpaired) electrons. The molecule has 0 atom stereocenters. The van der Waals surface area contributed by atoms with Crippen molar-refractivity contribution < 1.29 is 0 Å². The summed E-state index contributed by atoms with van der Waals surface area (Å²) in [5, 5.41) is 23.6. The van der Waals surface area contributed by atoms with E-state index in [2.05, 4.69) is 22.1 Å². The highest BCUT2D eigenvalue weighted by Crippen LogP contribution is 2.37. The fourth-order valence-electron chi connectivity index (χ4n) is 3.65. The maximum Gasteiger partial charge on any atom is 0.141 e. The summed E-state index contributed by atoms with van der Waals surface area (Å²) in [5.74, 6) is 0.470. The number of hydrogen-bond acceptors (Lipinski definition) is 4. The topological polar surface area (TPSA) is 89.2 Å². The number of hydrogen-bond donors (Lipinski definition) is 1. The van der Waals surface area contributed by atoms with Crippen molar-refractivity contribution in [1.82, 2.24) is 15.0 Å². The van der Waals surface area contributed by atoms with E-state index in [1.807, 2.05) is 42.5 Å². The first kappa shape index (κ1) is 16.3. The van der Waals surface area contributed by atoms with E-state index in [1.165, 1.54) is 12.4 Å². The quantitative estimate of drug-likeness (QED) is 0.399. The maximum atomic E-state index is 9.49. The Labute approximate surface area is 164 Å². The molecule has 0 aliphatic heterocycles. The van der Waals surface area contributed by atoms with E-state index in [-0.39, 0.29) is 0 Å². The number of halogens is 1. The Morgan fingerprint density at radius 3 is 2.29 bits per heavy atom. The number of aromatic amines is 1. The summed E-state index contributed by atoms with van der Waals surface area (Å²) in [7, 11) is 0. The van der Waals surface area contributed by atoms with Gasteiger partial charge in [0.15, 0.2) is 0 Å². The number of pyridine rings is 1. The largest absolute Gasteiger partial charge is 0.337 e. The number of nitriles is 2.